The van der Waals surface area contributed by atoms with Gasteiger partial charge in [0.25, 0.3) is 0 Å². The molecule has 0 radical (unpaired) electrons. The van der Waals surface area contributed by atoms with E-state index in [9.17, 15) is 0 Å². The Morgan fingerprint density at radius 1 is 1.33 bits per heavy atom. The normalized spacial score (nSPS) is 14.7. The van der Waals surface area contributed by atoms with E-state index in [4.69, 9.17) is 22.7 Å². The van der Waals surface area contributed by atoms with Crippen molar-refractivity contribution in [2.24, 2.45) is 11.7 Å². The van der Waals surface area contributed by atoms with E-state index in [0.717, 1.165) is 30.4 Å². The summed E-state index contributed by atoms with van der Waals surface area (Å²) in [5, 5.41) is 0. The standard InChI is InChI=1S/C17H26N2OS/c1-13(2)19(12-15-3-4-15)9-10-20-16-7-5-14(6-8-16)11-17(18)21/h5-8,13,15H,3-4,9-12H2,1-2H3,(H2,18,21). The van der Waals surface area contributed by atoms with Crippen LogP contribution in [0.1, 0.15) is 32.3 Å². The van der Waals surface area contributed by atoms with E-state index in [-0.39, 0.29) is 0 Å². The molecule has 1 saturated carbocycles. The first-order chi connectivity index (χ1) is 10.0. The second-order valence-electron chi connectivity index (χ2n) is 6.17. The number of nitrogens with two attached hydrogens (primary N) is 1. The highest BCUT2D eigenvalue weighted by Gasteiger charge is 2.25. The summed E-state index contributed by atoms with van der Waals surface area (Å²) in [4.78, 5) is 3.04. The van der Waals surface area contributed by atoms with Gasteiger partial charge >= 0.3 is 0 Å². The van der Waals surface area contributed by atoms with Gasteiger partial charge in [-0.1, -0.05) is 24.4 Å². The Bertz CT molecular complexity index is 454. The van der Waals surface area contributed by atoms with Crippen LogP contribution in [0, 0.1) is 5.92 Å². The third kappa shape index (κ3) is 6.02. The van der Waals surface area contributed by atoms with Crippen LogP contribution < -0.4 is 10.5 Å². The van der Waals surface area contributed by atoms with E-state index in [1.165, 1.54) is 19.4 Å². The first kappa shape index (κ1) is 16.2. The van der Waals surface area contributed by atoms with E-state index in [0.29, 0.717) is 17.5 Å². The summed E-state index contributed by atoms with van der Waals surface area (Å²) in [6.45, 7) is 7.45. The van der Waals surface area contributed by atoms with Crippen molar-refractivity contribution in [2.75, 3.05) is 19.7 Å². The average molecular weight is 306 g/mol. The Balaban J connectivity index is 1.74. The first-order valence-electron chi connectivity index (χ1n) is 7.78. The maximum atomic E-state index is 5.84. The van der Waals surface area contributed by atoms with Crippen molar-refractivity contribution in [3.63, 3.8) is 0 Å². The first-order valence-corrected chi connectivity index (χ1v) is 8.19. The molecule has 0 aromatic heterocycles. The molecule has 1 aliphatic carbocycles. The lowest BCUT2D eigenvalue weighted by Gasteiger charge is -2.26. The van der Waals surface area contributed by atoms with E-state index < -0.39 is 0 Å². The molecule has 2 N–H and O–H groups in total. The topological polar surface area (TPSA) is 38.5 Å². The lowest BCUT2D eigenvalue weighted by Crippen LogP contribution is -2.36. The molecule has 0 amide bonds. The van der Waals surface area contributed by atoms with Gasteiger partial charge in [0, 0.05) is 25.6 Å². The molecule has 0 heterocycles. The lowest BCUT2D eigenvalue weighted by molar-refractivity contribution is 0.170. The molecule has 1 aliphatic rings. The highest BCUT2D eigenvalue weighted by Crippen LogP contribution is 2.30. The number of thiocarbonyl (C=S) groups is 1. The molecule has 21 heavy (non-hydrogen) atoms. The minimum Gasteiger partial charge on any atom is -0.492 e. The van der Waals surface area contributed by atoms with Gasteiger partial charge < -0.3 is 10.5 Å². The summed E-state index contributed by atoms with van der Waals surface area (Å²) in [5.74, 6) is 1.84. The van der Waals surface area contributed by atoms with Crippen molar-refractivity contribution in [3.05, 3.63) is 29.8 Å². The summed E-state index contributed by atoms with van der Waals surface area (Å²) in [7, 11) is 0. The van der Waals surface area contributed by atoms with Gasteiger partial charge in [0.05, 0.1) is 4.99 Å². The van der Waals surface area contributed by atoms with Gasteiger partial charge in [0.1, 0.15) is 12.4 Å². The maximum absolute atomic E-state index is 5.84. The van der Waals surface area contributed by atoms with Crippen molar-refractivity contribution in [3.8, 4) is 5.75 Å². The Morgan fingerprint density at radius 2 is 2.00 bits per heavy atom. The van der Waals surface area contributed by atoms with Crippen LogP contribution in [0.25, 0.3) is 0 Å². The van der Waals surface area contributed by atoms with Gasteiger partial charge in [-0.3, -0.25) is 4.90 Å². The molecule has 1 aromatic carbocycles. The molecule has 116 valence electrons. The maximum Gasteiger partial charge on any atom is 0.119 e. The van der Waals surface area contributed by atoms with Crippen LogP contribution in [0.15, 0.2) is 24.3 Å². The zero-order chi connectivity index (χ0) is 15.2. The van der Waals surface area contributed by atoms with Crippen molar-refractivity contribution in [1.82, 2.24) is 4.90 Å². The van der Waals surface area contributed by atoms with E-state index in [1.807, 2.05) is 24.3 Å². The van der Waals surface area contributed by atoms with Gasteiger partial charge in [0.2, 0.25) is 0 Å². The molecule has 1 aromatic rings. The molecule has 1 fully saturated rings. The van der Waals surface area contributed by atoms with E-state index in [1.54, 1.807) is 0 Å². The summed E-state index contributed by atoms with van der Waals surface area (Å²) in [6, 6.07) is 8.63. The largest absolute Gasteiger partial charge is 0.492 e. The molecular formula is C17H26N2OS. The number of hydrogen-bond donors (Lipinski definition) is 1. The Hall–Kier alpha value is -1.13. The van der Waals surface area contributed by atoms with Gasteiger partial charge in [-0.15, -0.1) is 0 Å². The number of ether oxygens (including phenoxy) is 1. The van der Waals surface area contributed by atoms with Gasteiger partial charge in [0.15, 0.2) is 0 Å². The summed E-state index contributed by atoms with van der Waals surface area (Å²) < 4.78 is 5.84. The van der Waals surface area contributed by atoms with Gasteiger partial charge in [-0.05, 0) is 50.3 Å². The predicted molar refractivity (Wildman–Crippen MR) is 91.9 cm³/mol. The molecule has 0 aliphatic heterocycles. The van der Waals surface area contributed by atoms with Crippen LogP contribution >= 0.6 is 12.2 Å². The molecule has 3 nitrogen and oxygen atoms in total. The van der Waals surface area contributed by atoms with Crippen molar-refractivity contribution >= 4 is 17.2 Å². The zero-order valence-electron chi connectivity index (χ0n) is 13.0. The number of benzene rings is 1. The SMILES string of the molecule is CC(C)N(CCOc1ccc(CC(N)=S)cc1)CC1CC1. The number of nitrogens with zero attached hydrogens (tertiary/aromatic N) is 1. The molecule has 2 rings (SSSR count). The molecule has 0 unspecified atom stereocenters. The minimum atomic E-state index is 0.524. The fourth-order valence-electron chi connectivity index (χ4n) is 2.38. The zero-order valence-corrected chi connectivity index (χ0v) is 13.9. The highest BCUT2D eigenvalue weighted by atomic mass is 32.1. The molecule has 4 heteroatoms. The molecule has 0 saturated heterocycles. The highest BCUT2D eigenvalue weighted by molar-refractivity contribution is 7.80. The summed E-state index contributed by atoms with van der Waals surface area (Å²) in [6.07, 6.45) is 3.45. The fraction of sp³-hybridized carbons (Fsp3) is 0.588. The third-order valence-corrected chi connectivity index (χ3v) is 4.01. The van der Waals surface area contributed by atoms with Gasteiger partial charge in [-0.2, -0.15) is 0 Å². The Kier molecular flexibility index (Phi) is 6.00. The summed E-state index contributed by atoms with van der Waals surface area (Å²) >= 11 is 4.91. The van der Waals surface area contributed by atoms with Gasteiger partial charge in [-0.25, -0.2) is 0 Å². The number of rotatable bonds is 9. The van der Waals surface area contributed by atoms with Crippen molar-refractivity contribution in [2.45, 2.75) is 39.2 Å². The lowest BCUT2D eigenvalue weighted by atomic mass is 10.1. The molecule has 0 spiro atoms. The minimum absolute atomic E-state index is 0.524. The van der Waals surface area contributed by atoms with Crippen molar-refractivity contribution in [1.29, 1.82) is 0 Å². The Labute approximate surface area is 133 Å². The van der Waals surface area contributed by atoms with Crippen LogP contribution in [-0.4, -0.2) is 35.6 Å². The molecule has 0 atom stereocenters. The van der Waals surface area contributed by atoms with Crippen molar-refractivity contribution < 1.29 is 4.74 Å². The fourth-order valence-corrected chi connectivity index (χ4v) is 2.54. The predicted octanol–water partition coefficient (Wildman–Crippen LogP) is 3.01. The Morgan fingerprint density at radius 3 is 2.52 bits per heavy atom. The average Bonchev–Trinajstić information content (AvgIpc) is 3.23. The second-order valence-corrected chi connectivity index (χ2v) is 6.69. The summed E-state index contributed by atoms with van der Waals surface area (Å²) in [5.41, 5.74) is 6.68. The number of hydrogen-bond acceptors (Lipinski definition) is 3. The quantitative estimate of drug-likeness (QED) is 0.712. The second kappa shape index (κ2) is 7.76. The van der Waals surface area contributed by atoms with E-state index in [2.05, 4.69) is 18.7 Å². The third-order valence-electron chi connectivity index (χ3n) is 3.87. The van der Waals surface area contributed by atoms with Crippen LogP contribution in [0.5, 0.6) is 5.75 Å². The van der Waals surface area contributed by atoms with Crippen LogP contribution in [0.3, 0.4) is 0 Å². The van der Waals surface area contributed by atoms with Crippen LogP contribution in [0.2, 0.25) is 0 Å². The van der Waals surface area contributed by atoms with E-state index >= 15 is 0 Å². The smallest absolute Gasteiger partial charge is 0.119 e. The van der Waals surface area contributed by atoms with Crippen LogP contribution in [0.4, 0.5) is 0 Å². The molecule has 0 bridgehead atoms. The molecular weight excluding hydrogens is 280 g/mol. The monoisotopic (exact) mass is 306 g/mol. The van der Waals surface area contributed by atoms with Crippen LogP contribution in [-0.2, 0) is 6.42 Å².